The maximum atomic E-state index is 6.27. The molecule has 0 fully saturated rings. The van der Waals surface area contributed by atoms with Gasteiger partial charge in [-0.2, -0.15) is 0 Å². The summed E-state index contributed by atoms with van der Waals surface area (Å²) < 4.78 is 5.69. The molecule has 1 atom stereocenters. The van der Waals surface area contributed by atoms with Gasteiger partial charge >= 0.3 is 0 Å². The van der Waals surface area contributed by atoms with E-state index in [2.05, 4.69) is 45.9 Å². The van der Waals surface area contributed by atoms with Gasteiger partial charge in [0.15, 0.2) is 0 Å². The van der Waals surface area contributed by atoms with Crippen LogP contribution < -0.4 is 10.5 Å². The molecule has 2 heteroatoms. The molecule has 0 bridgehead atoms. The van der Waals surface area contributed by atoms with E-state index in [4.69, 9.17) is 10.5 Å². The first-order valence-electron chi connectivity index (χ1n) is 6.93. The Morgan fingerprint density at radius 2 is 1.89 bits per heavy atom. The summed E-state index contributed by atoms with van der Waals surface area (Å²) in [5.74, 6) is 0.937. The quantitative estimate of drug-likeness (QED) is 0.849. The van der Waals surface area contributed by atoms with Gasteiger partial charge in [0.25, 0.3) is 0 Å². The van der Waals surface area contributed by atoms with Crippen molar-refractivity contribution in [2.45, 2.75) is 58.9 Å². The summed E-state index contributed by atoms with van der Waals surface area (Å²) in [6, 6.07) is 6.49. The average molecular weight is 249 g/mol. The summed E-state index contributed by atoms with van der Waals surface area (Å²) in [5, 5.41) is 0. The van der Waals surface area contributed by atoms with Crippen LogP contribution in [0.15, 0.2) is 18.2 Å². The number of hydrogen-bond donors (Lipinski definition) is 1. The molecule has 0 saturated heterocycles. The highest BCUT2D eigenvalue weighted by atomic mass is 16.5. The first kappa shape index (κ1) is 15.0. The normalized spacial score (nSPS) is 13.4. The summed E-state index contributed by atoms with van der Waals surface area (Å²) in [4.78, 5) is 0. The van der Waals surface area contributed by atoms with Crippen LogP contribution in [0, 0.1) is 0 Å². The molecular formula is C16H27NO. The molecule has 0 aromatic heterocycles. The van der Waals surface area contributed by atoms with Crippen LogP contribution in [0.25, 0.3) is 0 Å². The molecule has 1 unspecified atom stereocenters. The van der Waals surface area contributed by atoms with Crippen LogP contribution in [0.5, 0.6) is 5.75 Å². The molecule has 18 heavy (non-hydrogen) atoms. The Balaban J connectivity index is 3.15. The zero-order chi connectivity index (χ0) is 13.8. The van der Waals surface area contributed by atoms with E-state index in [1.54, 1.807) is 0 Å². The molecule has 0 radical (unpaired) electrons. The van der Waals surface area contributed by atoms with E-state index in [0.717, 1.165) is 24.2 Å². The summed E-state index contributed by atoms with van der Waals surface area (Å²) in [6.07, 6.45) is 2.08. The SMILES string of the molecule is CCCC(N)c1cc(C(C)(C)C)ccc1OCC. The molecule has 102 valence electrons. The van der Waals surface area contributed by atoms with Crippen LogP contribution in [-0.4, -0.2) is 6.61 Å². The molecule has 0 heterocycles. The zero-order valence-corrected chi connectivity index (χ0v) is 12.4. The second kappa shape index (κ2) is 6.24. The molecule has 0 saturated carbocycles. The van der Waals surface area contributed by atoms with Crippen molar-refractivity contribution in [3.05, 3.63) is 29.3 Å². The summed E-state index contributed by atoms with van der Waals surface area (Å²) >= 11 is 0. The fraction of sp³-hybridized carbons (Fsp3) is 0.625. The Labute approximate surface area is 112 Å². The number of hydrogen-bond acceptors (Lipinski definition) is 2. The van der Waals surface area contributed by atoms with Gasteiger partial charge in [-0.25, -0.2) is 0 Å². The van der Waals surface area contributed by atoms with Gasteiger partial charge in [0.05, 0.1) is 6.61 Å². The second-order valence-electron chi connectivity index (χ2n) is 5.83. The summed E-state index contributed by atoms with van der Waals surface area (Å²) in [6.45, 7) is 11.5. The van der Waals surface area contributed by atoms with Crippen LogP contribution >= 0.6 is 0 Å². The minimum absolute atomic E-state index is 0.0684. The van der Waals surface area contributed by atoms with Crippen molar-refractivity contribution in [3.8, 4) is 5.75 Å². The summed E-state index contributed by atoms with van der Waals surface area (Å²) in [5.41, 5.74) is 8.87. The van der Waals surface area contributed by atoms with E-state index < -0.39 is 0 Å². The fourth-order valence-corrected chi connectivity index (χ4v) is 2.06. The van der Waals surface area contributed by atoms with Crippen LogP contribution in [0.3, 0.4) is 0 Å². The predicted octanol–water partition coefficient (Wildman–Crippen LogP) is 4.18. The molecule has 1 rings (SSSR count). The van der Waals surface area contributed by atoms with Crippen molar-refractivity contribution in [2.75, 3.05) is 6.61 Å². The van der Waals surface area contributed by atoms with Gasteiger partial charge in [0.2, 0.25) is 0 Å². The van der Waals surface area contributed by atoms with Crippen molar-refractivity contribution in [1.82, 2.24) is 0 Å². The van der Waals surface area contributed by atoms with E-state index in [1.165, 1.54) is 5.56 Å². The molecule has 0 amide bonds. The molecule has 0 aliphatic carbocycles. The number of ether oxygens (including phenoxy) is 1. The maximum Gasteiger partial charge on any atom is 0.124 e. The predicted molar refractivity (Wildman–Crippen MR) is 78.1 cm³/mol. The Kier molecular flexibility index (Phi) is 5.21. The minimum Gasteiger partial charge on any atom is -0.494 e. The number of benzene rings is 1. The van der Waals surface area contributed by atoms with Gasteiger partial charge in [-0.1, -0.05) is 46.2 Å². The average Bonchev–Trinajstić information content (AvgIpc) is 2.28. The molecule has 2 nitrogen and oxygen atoms in total. The van der Waals surface area contributed by atoms with Gasteiger partial charge in [-0.3, -0.25) is 0 Å². The molecule has 2 N–H and O–H groups in total. The Hall–Kier alpha value is -1.02. The molecule has 1 aromatic rings. The molecule has 0 spiro atoms. The largest absolute Gasteiger partial charge is 0.494 e. The molecule has 0 aliphatic heterocycles. The third-order valence-corrected chi connectivity index (χ3v) is 3.17. The van der Waals surface area contributed by atoms with Crippen LogP contribution in [-0.2, 0) is 5.41 Å². The lowest BCUT2D eigenvalue weighted by Crippen LogP contribution is -2.16. The lowest BCUT2D eigenvalue weighted by atomic mass is 9.85. The third-order valence-electron chi connectivity index (χ3n) is 3.17. The maximum absolute atomic E-state index is 6.27. The van der Waals surface area contributed by atoms with E-state index in [1.807, 2.05) is 6.92 Å². The molecule has 0 aliphatic rings. The Morgan fingerprint density at radius 3 is 2.39 bits per heavy atom. The van der Waals surface area contributed by atoms with Crippen molar-refractivity contribution < 1.29 is 4.74 Å². The number of nitrogens with two attached hydrogens (primary N) is 1. The van der Waals surface area contributed by atoms with E-state index in [-0.39, 0.29) is 11.5 Å². The minimum atomic E-state index is 0.0684. The lowest BCUT2D eigenvalue weighted by Gasteiger charge is -2.23. The first-order valence-corrected chi connectivity index (χ1v) is 6.93. The zero-order valence-electron chi connectivity index (χ0n) is 12.4. The second-order valence-corrected chi connectivity index (χ2v) is 5.83. The highest BCUT2D eigenvalue weighted by Crippen LogP contribution is 2.32. The molecular weight excluding hydrogens is 222 g/mol. The monoisotopic (exact) mass is 249 g/mol. The van der Waals surface area contributed by atoms with Gasteiger partial charge in [0, 0.05) is 11.6 Å². The Bertz CT molecular complexity index is 379. The van der Waals surface area contributed by atoms with Gasteiger partial charge in [-0.15, -0.1) is 0 Å². The number of rotatable bonds is 5. The topological polar surface area (TPSA) is 35.2 Å². The van der Waals surface area contributed by atoms with Crippen molar-refractivity contribution >= 4 is 0 Å². The highest BCUT2D eigenvalue weighted by Gasteiger charge is 2.18. The van der Waals surface area contributed by atoms with E-state index in [9.17, 15) is 0 Å². The summed E-state index contributed by atoms with van der Waals surface area (Å²) in [7, 11) is 0. The van der Waals surface area contributed by atoms with Crippen LogP contribution in [0.4, 0.5) is 0 Å². The lowest BCUT2D eigenvalue weighted by molar-refractivity contribution is 0.333. The smallest absolute Gasteiger partial charge is 0.124 e. The standard InChI is InChI=1S/C16H27NO/c1-6-8-14(17)13-11-12(16(3,4)5)9-10-15(13)18-7-2/h9-11,14H,6-8,17H2,1-5H3. The molecule has 1 aromatic carbocycles. The van der Waals surface area contributed by atoms with Gasteiger partial charge < -0.3 is 10.5 Å². The van der Waals surface area contributed by atoms with Gasteiger partial charge in [0.1, 0.15) is 5.75 Å². The van der Waals surface area contributed by atoms with E-state index in [0.29, 0.717) is 6.61 Å². The first-order chi connectivity index (χ1) is 8.40. The van der Waals surface area contributed by atoms with Crippen LogP contribution in [0.1, 0.15) is 64.6 Å². The van der Waals surface area contributed by atoms with Crippen molar-refractivity contribution in [3.63, 3.8) is 0 Å². The van der Waals surface area contributed by atoms with Crippen LogP contribution in [0.2, 0.25) is 0 Å². The van der Waals surface area contributed by atoms with Crippen molar-refractivity contribution in [1.29, 1.82) is 0 Å². The van der Waals surface area contributed by atoms with E-state index >= 15 is 0 Å². The Morgan fingerprint density at radius 1 is 1.22 bits per heavy atom. The third kappa shape index (κ3) is 3.74. The van der Waals surface area contributed by atoms with Crippen molar-refractivity contribution in [2.24, 2.45) is 5.73 Å². The van der Waals surface area contributed by atoms with Gasteiger partial charge in [-0.05, 0) is 30.4 Å². The highest BCUT2D eigenvalue weighted by molar-refractivity contribution is 5.41. The fourth-order valence-electron chi connectivity index (χ4n) is 2.06.